The highest BCUT2D eigenvalue weighted by atomic mass is 19.4. The molecule has 1 fully saturated rings. The summed E-state index contributed by atoms with van der Waals surface area (Å²) in [5, 5.41) is 0. The summed E-state index contributed by atoms with van der Waals surface area (Å²) in [6, 6.07) is 23.3. The van der Waals surface area contributed by atoms with Crippen molar-refractivity contribution in [2.75, 3.05) is 11.4 Å². The van der Waals surface area contributed by atoms with Crippen molar-refractivity contribution in [3.8, 4) is 5.69 Å². The number of hydrogen-bond donors (Lipinski definition) is 0. The monoisotopic (exact) mass is 529 g/mol. The van der Waals surface area contributed by atoms with E-state index in [1.54, 1.807) is 4.90 Å². The van der Waals surface area contributed by atoms with Gasteiger partial charge in [0.15, 0.2) is 0 Å². The number of benzene rings is 3. The zero-order valence-corrected chi connectivity index (χ0v) is 21.2. The number of amides is 2. The number of anilines is 1. The third-order valence-corrected chi connectivity index (χ3v) is 7.36. The van der Waals surface area contributed by atoms with Crippen molar-refractivity contribution in [1.29, 1.82) is 0 Å². The summed E-state index contributed by atoms with van der Waals surface area (Å²) >= 11 is 0. The van der Waals surface area contributed by atoms with Crippen LogP contribution in [-0.2, 0) is 11.0 Å². The minimum Gasteiger partial charge on any atom is -0.326 e. The molecule has 0 radical (unpaired) electrons. The number of aryl methyl sites for hydroxylation is 1. The summed E-state index contributed by atoms with van der Waals surface area (Å²) in [6.45, 7) is 1.82. The first-order valence-corrected chi connectivity index (χ1v) is 12.9. The fraction of sp³-hybridized carbons (Fsp3) is 0.226. The molecule has 1 aromatic heterocycles. The van der Waals surface area contributed by atoms with Gasteiger partial charge in [0.1, 0.15) is 12.6 Å². The Labute approximate surface area is 224 Å². The van der Waals surface area contributed by atoms with Gasteiger partial charge < -0.3 is 9.47 Å². The smallest absolute Gasteiger partial charge is 0.326 e. The molecule has 4 aromatic rings. The van der Waals surface area contributed by atoms with Gasteiger partial charge in [-0.1, -0.05) is 42.0 Å². The van der Waals surface area contributed by atoms with Gasteiger partial charge in [-0.05, 0) is 73.9 Å². The quantitative estimate of drug-likeness (QED) is 0.295. The average Bonchev–Trinajstić information content (AvgIpc) is 3.65. The van der Waals surface area contributed by atoms with Crippen molar-refractivity contribution in [3.63, 3.8) is 0 Å². The molecule has 5 nitrogen and oxygen atoms in total. The lowest BCUT2D eigenvalue weighted by Crippen LogP contribution is -2.47. The fourth-order valence-corrected chi connectivity index (χ4v) is 5.36. The Hall–Kier alpha value is -4.33. The topological polar surface area (TPSA) is 45.6 Å². The Morgan fingerprint density at radius 1 is 0.897 bits per heavy atom. The molecule has 1 aliphatic heterocycles. The zero-order valence-electron chi connectivity index (χ0n) is 21.2. The van der Waals surface area contributed by atoms with Crippen LogP contribution in [0.5, 0.6) is 0 Å². The number of nitrogens with zero attached hydrogens (tertiary/aromatic N) is 3. The molecule has 3 aromatic carbocycles. The third kappa shape index (κ3) is 4.60. The van der Waals surface area contributed by atoms with Crippen molar-refractivity contribution in [1.82, 2.24) is 9.47 Å². The van der Waals surface area contributed by atoms with E-state index in [-0.39, 0.29) is 24.1 Å². The number of para-hydroxylation sites is 2. The number of carbonyl (C=O) groups excluding carboxylic acids is 2. The molecule has 1 aliphatic carbocycles. The largest absolute Gasteiger partial charge is 0.416 e. The molecule has 8 heteroatoms. The summed E-state index contributed by atoms with van der Waals surface area (Å²) in [7, 11) is 0. The van der Waals surface area contributed by atoms with Gasteiger partial charge in [-0.15, -0.1) is 0 Å². The molecule has 0 saturated heterocycles. The first-order valence-electron chi connectivity index (χ1n) is 12.9. The molecule has 6 rings (SSSR count). The second-order valence-corrected chi connectivity index (χ2v) is 10.1. The zero-order chi connectivity index (χ0) is 27.3. The van der Waals surface area contributed by atoms with Crippen molar-refractivity contribution in [3.05, 3.63) is 119 Å². The minimum absolute atomic E-state index is 0.120. The van der Waals surface area contributed by atoms with Crippen LogP contribution < -0.4 is 4.90 Å². The second kappa shape index (κ2) is 9.45. The maximum atomic E-state index is 14.2. The number of aromatic nitrogens is 1. The van der Waals surface area contributed by atoms with Crippen molar-refractivity contribution in [2.45, 2.75) is 38.0 Å². The van der Waals surface area contributed by atoms with Gasteiger partial charge >= 0.3 is 6.18 Å². The molecule has 2 heterocycles. The SMILES string of the molecule is Cc1cccc(C2c3cccn3-c3ccccc3N2C(=O)CN(C(=O)c2ccc(C(F)(F)F)cc2)C2CC2)c1. The number of fused-ring (bicyclic) bond motifs is 3. The highest BCUT2D eigenvalue weighted by molar-refractivity contribution is 6.03. The number of carbonyl (C=O) groups is 2. The van der Waals surface area contributed by atoms with E-state index in [0.29, 0.717) is 0 Å². The van der Waals surface area contributed by atoms with E-state index in [9.17, 15) is 22.8 Å². The molecular weight excluding hydrogens is 503 g/mol. The molecule has 1 saturated carbocycles. The second-order valence-electron chi connectivity index (χ2n) is 10.1. The predicted molar refractivity (Wildman–Crippen MR) is 142 cm³/mol. The summed E-state index contributed by atoms with van der Waals surface area (Å²) in [4.78, 5) is 30.9. The number of halogens is 3. The molecular formula is C31H26F3N3O2. The van der Waals surface area contributed by atoms with Crippen molar-refractivity contribution in [2.24, 2.45) is 0 Å². The van der Waals surface area contributed by atoms with E-state index in [0.717, 1.165) is 53.2 Å². The van der Waals surface area contributed by atoms with Crippen LogP contribution in [0.15, 0.2) is 91.1 Å². The van der Waals surface area contributed by atoms with E-state index < -0.39 is 23.7 Å². The van der Waals surface area contributed by atoms with Gasteiger partial charge in [0.25, 0.3) is 5.91 Å². The van der Waals surface area contributed by atoms with Gasteiger partial charge in [-0.2, -0.15) is 13.2 Å². The predicted octanol–water partition coefficient (Wildman–Crippen LogP) is 6.55. The highest BCUT2D eigenvalue weighted by Crippen LogP contribution is 2.43. The summed E-state index contributed by atoms with van der Waals surface area (Å²) in [5.41, 5.74) is 3.85. The van der Waals surface area contributed by atoms with E-state index in [4.69, 9.17) is 0 Å². The van der Waals surface area contributed by atoms with Gasteiger partial charge in [0.05, 0.1) is 22.6 Å². The van der Waals surface area contributed by atoms with E-state index in [2.05, 4.69) is 10.6 Å². The van der Waals surface area contributed by atoms with Gasteiger partial charge in [-0.25, -0.2) is 0 Å². The lowest BCUT2D eigenvalue weighted by molar-refractivity contribution is -0.137. The Morgan fingerprint density at radius 3 is 2.28 bits per heavy atom. The third-order valence-electron chi connectivity index (χ3n) is 7.36. The Kier molecular flexibility index (Phi) is 6.05. The molecule has 0 bridgehead atoms. The van der Waals surface area contributed by atoms with Crippen LogP contribution in [0.3, 0.4) is 0 Å². The van der Waals surface area contributed by atoms with Crippen LogP contribution in [0.1, 0.15) is 51.6 Å². The average molecular weight is 530 g/mol. The summed E-state index contributed by atoms with van der Waals surface area (Å²) < 4.78 is 41.2. The van der Waals surface area contributed by atoms with Crippen molar-refractivity contribution < 1.29 is 22.8 Å². The lowest BCUT2D eigenvalue weighted by Gasteiger charge is -2.39. The maximum absolute atomic E-state index is 14.2. The van der Waals surface area contributed by atoms with E-state index >= 15 is 0 Å². The standard InChI is InChI=1S/C31H26F3N3O2/c1-20-6-4-7-22(18-20)29-27-10-5-17-35(27)25-8-2-3-9-26(25)37(29)28(38)19-36(24-15-16-24)30(39)21-11-13-23(14-12-21)31(32,33)34/h2-14,17-18,24,29H,15-16,19H2,1H3. The highest BCUT2D eigenvalue weighted by Gasteiger charge is 2.40. The van der Waals surface area contributed by atoms with Crippen LogP contribution in [0, 0.1) is 6.92 Å². The summed E-state index contributed by atoms with van der Waals surface area (Å²) in [5.74, 6) is -0.700. The molecule has 1 atom stereocenters. The fourth-order valence-electron chi connectivity index (χ4n) is 5.36. The van der Waals surface area contributed by atoms with Crippen LogP contribution in [0.4, 0.5) is 18.9 Å². The van der Waals surface area contributed by atoms with Crippen LogP contribution in [-0.4, -0.2) is 33.9 Å². The molecule has 2 amide bonds. The van der Waals surface area contributed by atoms with Crippen LogP contribution in [0.25, 0.3) is 5.69 Å². The number of rotatable bonds is 5. The molecule has 1 unspecified atom stereocenters. The molecule has 2 aliphatic rings. The first-order chi connectivity index (χ1) is 18.7. The molecule has 198 valence electrons. The Bertz CT molecular complexity index is 1550. The van der Waals surface area contributed by atoms with E-state index in [1.165, 1.54) is 17.0 Å². The lowest BCUT2D eigenvalue weighted by atomic mass is 9.96. The first kappa shape index (κ1) is 25.0. The van der Waals surface area contributed by atoms with Gasteiger partial charge in [0, 0.05) is 17.8 Å². The maximum Gasteiger partial charge on any atom is 0.416 e. The number of hydrogen-bond acceptors (Lipinski definition) is 2. The molecule has 0 spiro atoms. The van der Waals surface area contributed by atoms with Crippen molar-refractivity contribution >= 4 is 17.5 Å². The molecule has 39 heavy (non-hydrogen) atoms. The van der Waals surface area contributed by atoms with Crippen LogP contribution in [0.2, 0.25) is 0 Å². The van der Waals surface area contributed by atoms with E-state index in [1.807, 2.05) is 67.7 Å². The minimum atomic E-state index is -4.49. The molecule has 0 N–H and O–H groups in total. The van der Waals surface area contributed by atoms with Gasteiger partial charge in [0.2, 0.25) is 5.91 Å². The van der Waals surface area contributed by atoms with Crippen LogP contribution >= 0.6 is 0 Å². The number of alkyl halides is 3. The Morgan fingerprint density at radius 2 is 1.62 bits per heavy atom. The Balaban J connectivity index is 1.37. The normalized spacial score (nSPS) is 16.4. The van der Waals surface area contributed by atoms with Gasteiger partial charge in [-0.3, -0.25) is 14.5 Å². The summed E-state index contributed by atoms with van der Waals surface area (Å²) in [6.07, 6.45) is -1.01.